The Labute approximate surface area is 281 Å². The van der Waals surface area contributed by atoms with E-state index in [4.69, 9.17) is 18.6 Å². The fourth-order valence-electron chi connectivity index (χ4n) is 5.82. The average Bonchev–Trinajstić information content (AvgIpc) is 3.34. The lowest BCUT2D eigenvalue weighted by Gasteiger charge is -2.44. The summed E-state index contributed by atoms with van der Waals surface area (Å²) in [5.74, 6) is 0.296. The number of nitrogens with one attached hydrogen (secondary N) is 1. The quantitative estimate of drug-likeness (QED) is 0.124. The minimum Gasteiger partial charge on any atom is -0.497 e. The molecule has 0 unspecified atom stereocenters. The summed E-state index contributed by atoms with van der Waals surface area (Å²) in [7, 11) is -0.690. The summed E-state index contributed by atoms with van der Waals surface area (Å²) in [6, 6.07) is 27.3. The van der Waals surface area contributed by atoms with Gasteiger partial charge in [0, 0.05) is 11.5 Å². The highest BCUT2D eigenvalue weighted by molar-refractivity contribution is 9.09. The number of hydrogen-bond donors (Lipinski definition) is 1. The van der Waals surface area contributed by atoms with Crippen LogP contribution in [0, 0.1) is 0 Å². The molecular weight excluding hydrogens is 670 g/mol. The van der Waals surface area contributed by atoms with Crippen molar-refractivity contribution in [3.63, 3.8) is 0 Å². The van der Waals surface area contributed by atoms with Crippen LogP contribution in [-0.2, 0) is 19.5 Å². The van der Waals surface area contributed by atoms with Gasteiger partial charge in [-0.25, -0.2) is 8.78 Å². The molecule has 0 bridgehead atoms. The van der Waals surface area contributed by atoms with Crippen molar-refractivity contribution in [1.29, 1.82) is 0 Å². The van der Waals surface area contributed by atoms with Crippen molar-refractivity contribution in [3.05, 3.63) is 114 Å². The Morgan fingerprint density at radius 1 is 0.957 bits per heavy atom. The van der Waals surface area contributed by atoms with Gasteiger partial charge in [-0.15, -0.1) is 0 Å². The second kappa shape index (κ2) is 13.9. The molecular formula is C36H45BrF2N2O4Si. The van der Waals surface area contributed by atoms with Crippen LogP contribution in [0.25, 0.3) is 0 Å². The predicted octanol–water partition coefficient (Wildman–Crippen LogP) is 7.90. The van der Waals surface area contributed by atoms with E-state index in [2.05, 4.69) is 55.1 Å². The maximum absolute atomic E-state index is 17.3. The van der Waals surface area contributed by atoms with Gasteiger partial charge in [0.2, 0.25) is 0 Å². The molecule has 1 N–H and O–H groups in total. The number of ether oxygens (including phenoxy) is 3. The first-order chi connectivity index (χ1) is 21.9. The van der Waals surface area contributed by atoms with Gasteiger partial charge in [0.15, 0.2) is 20.7 Å². The van der Waals surface area contributed by atoms with E-state index in [1.54, 1.807) is 7.11 Å². The van der Waals surface area contributed by atoms with Gasteiger partial charge in [0.1, 0.15) is 28.9 Å². The van der Waals surface area contributed by atoms with Gasteiger partial charge < -0.3 is 23.5 Å². The number of hydrogen-bond acceptors (Lipinski definition) is 6. The third-order valence-electron chi connectivity index (χ3n) is 9.53. The Bertz CT molecular complexity index is 1430. The fraction of sp³-hybridized carbons (Fsp3) is 0.444. The maximum atomic E-state index is 17.3. The Balaban J connectivity index is 1.70. The zero-order valence-corrected chi connectivity index (χ0v) is 30.0. The van der Waals surface area contributed by atoms with E-state index in [0.29, 0.717) is 5.75 Å². The topological polar surface area (TPSA) is 52.2 Å². The van der Waals surface area contributed by atoms with Gasteiger partial charge in [0.25, 0.3) is 0 Å². The van der Waals surface area contributed by atoms with E-state index in [-0.39, 0.29) is 30.2 Å². The highest BCUT2D eigenvalue weighted by Gasteiger charge is 2.61. The van der Waals surface area contributed by atoms with Crippen molar-refractivity contribution in [2.45, 2.75) is 68.6 Å². The SMILES string of the molecule is COc1ccc(C(O[C@H]2[C@H](F)[C@H](N3C=C(F)CNC3)O[C@]2(CBr)CO[Si](C)(C)C(C)(C)C)(c2ccccc2)c2ccccc2)cc1. The largest absolute Gasteiger partial charge is 0.497 e. The predicted molar refractivity (Wildman–Crippen MR) is 184 cm³/mol. The lowest BCUT2D eigenvalue weighted by molar-refractivity contribution is -0.155. The highest BCUT2D eigenvalue weighted by atomic mass is 79.9. The number of rotatable bonds is 11. The van der Waals surface area contributed by atoms with Crippen LogP contribution in [0.5, 0.6) is 5.75 Å². The second-order valence-electron chi connectivity index (χ2n) is 13.6. The molecule has 0 radical (unpaired) electrons. The van der Waals surface area contributed by atoms with Crippen LogP contribution in [0.1, 0.15) is 37.5 Å². The zero-order valence-electron chi connectivity index (χ0n) is 27.4. The summed E-state index contributed by atoms with van der Waals surface area (Å²) >= 11 is 3.70. The molecule has 10 heteroatoms. The molecule has 0 aliphatic carbocycles. The average molecular weight is 716 g/mol. The maximum Gasteiger partial charge on any atom is 0.192 e. The van der Waals surface area contributed by atoms with E-state index >= 15 is 4.39 Å². The number of methoxy groups -OCH3 is 1. The van der Waals surface area contributed by atoms with Gasteiger partial charge in [-0.05, 0) is 47.0 Å². The monoisotopic (exact) mass is 714 g/mol. The van der Waals surface area contributed by atoms with Gasteiger partial charge >= 0.3 is 0 Å². The molecule has 0 spiro atoms. The van der Waals surface area contributed by atoms with Gasteiger partial charge in [-0.1, -0.05) is 109 Å². The van der Waals surface area contributed by atoms with Crippen LogP contribution in [0.2, 0.25) is 18.1 Å². The van der Waals surface area contributed by atoms with Crippen LogP contribution in [-0.4, -0.2) is 69.6 Å². The summed E-state index contributed by atoms with van der Waals surface area (Å²) in [6.45, 7) is 11.2. The van der Waals surface area contributed by atoms with E-state index in [1.165, 1.54) is 11.1 Å². The summed E-state index contributed by atoms with van der Waals surface area (Å²) in [6.07, 6.45) is -2.60. The first-order valence-electron chi connectivity index (χ1n) is 15.6. The molecule has 0 saturated carbocycles. The molecule has 2 aliphatic heterocycles. The summed E-state index contributed by atoms with van der Waals surface area (Å²) in [5, 5.41) is 3.14. The lowest BCUT2D eigenvalue weighted by atomic mass is 9.79. The molecule has 46 heavy (non-hydrogen) atoms. The van der Waals surface area contributed by atoms with Crippen LogP contribution in [0.3, 0.4) is 0 Å². The zero-order chi connectivity index (χ0) is 33.2. The van der Waals surface area contributed by atoms with Crippen LogP contribution < -0.4 is 10.1 Å². The Kier molecular flexibility index (Phi) is 10.5. The van der Waals surface area contributed by atoms with Gasteiger partial charge in [-0.2, -0.15) is 0 Å². The van der Waals surface area contributed by atoms with E-state index < -0.39 is 43.8 Å². The fourth-order valence-corrected chi connectivity index (χ4v) is 7.47. The van der Waals surface area contributed by atoms with Crippen LogP contribution in [0.4, 0.5) is 8.78 Å². The minimum atomic E-state index is -2.31. The number of halogens is 3. The van der Waals surface area contributed by atoms with Crippen LogP contribution in [0.15, 0.2) is 97.0 Å². The van der Waals surface area contributed by atoms with E-state index in [9.17, 15) is 4.39 Å². The molecule has 3 aromatic carbocycles. The van der Waals surface area contributed by atoms with Crippen molar-refractivity contribution < 1.29 is 27.4 Å². The minimum absolute atomic E-state index is 0.0841. The normalized spacial score (nSPS) is 24.2. The third kappa shape index (κ3) is 6.70. The lowest BCUT2D eigenvalue weighted by Crippen LogP contribution is -2.55. The van der Waals surface area contributed by atoms with Gasteiger partial charge in [-0.3, -0.25) is 5.32 Å². The molecule has 2 heterocycles. The molecule has 0 aromatic heterocycles. The van der Waals surface area contributed by atoms with Crippen molar-refractivity contribution in [2.75, 3.05) is 32.3 Å². The first kappa shape index (κ1) is 34.7. The number of benzene rings is 3. The second-order valence-corrected chi connectivity index (χ2v) is 18.9. The van der Waals surface area contributed by atoms with Crippen molar-refractivity contribution in [2.24, 2.45) is 0 Å². The molecule has 3 aromatic rings. The number of nitrogens with zero attached hydrogens (tertiary/aromatic N) is 1. The smallest absolute Gasteiger partial charge is 0.192 e. The summed E-state index contributed by atoms with van der Waals surface area (Å²) in [5.41, 5.74) is -0.0838. The Morgan fingerprint density at radius 2 is 1.52 bits per heavy atom. The Hall–Kier alpha value is -2.60. The molecule has 1 fully saturated rings. The molecule has 0 amide bonds. The Morgan fingerprint density at radius 3 is 2.02 bits per heavy atom. The number of alkyl halides is 2. The molecule has 1 saturated heterocycles. The van der Waals surface area contributed by atoms with Crippen molar-refractivity contribution in [3.8, 4) is 5.75 Å². The van der Waals surface area contributed by atoms with Crippen molar-refractivity contribution >= 4 is 24.2 Å². The molecule has 5 rings (SSSR count). The molecule has 4 atom stereocenters. The summed E-state index contributed by atoms with van der Waals surface area (Å²) in [4.78, 5) is 1.54. The molecule has 2 aliphatic rings. The molecule has 6 nitrogen and oxygen atoms in total. The highest BCUT2D eigenvalue weighted by Crippen LogP contribution is 2.49. The van der Waals surface area contributed by atoms with Gasteiger partial charge in [0.05, 0.1) is 26.9 Å². The standard InChI is InChI=1S/C36H45BrF2N2O4Si/c1-34(2,3)46(5,6)43-24-35(23-37)32(31(39)33(45-35)41-22-29(38)21-40-25-41)44-36(26-13-9-7-10-14-26,27-15-11-8-12-16-27)28-17-19-30(42-4)20-18-28/h7-20,22,31-33,40H,21,23-25H2,1-6H3/t31-,32-,33+,35+/m0/s1. The van der Waals surface area contributed by atoms with Crippen molar-refractivity contribution in [1.82, 2.24) is 10.2 Å². The molecule has 248 valence electrons. The van der Waals surface area contributed by atoms with E-state index in [1.807, 2.05) is 84.9 Å². The van der Waals surface area contributed by atoms with E-state index in [0.717, 1.165) is 16.7 Å². The third-order valence-corrected chi connectivity index (χ3v) is 15.0. The van der Waals surface area contributed by atoms with Crippen LogP contribution >= 0.6 is 15.9 Å². The summed E-state index contributed by atoms with van der Waals surface area (Å²) < 4.78 is 58.2. The first-order valence-corrected chi connectivity index (χ1v) is 19.7.